The van der Waals surface area contributed by atoms with Crippen LogP contribution in [0.2, 0.25) is 10.0 Å². The SMILES string of the molecule is CN1CCCCC1CCNc1c(Cl)cc(F)cc1Cl. The Balaban J connectivity index is 1.89. The summed E-state index contributed by atoms with van der Waals surface area (Å²) >= 11 is 12.0. The lowest BCUT2D eigenvalue weighted by molar-refractivity contribution is 0.179. The van der Waals surface area contributed by atoms with Crippen LogP contribution >= 0.6 is 23.2 Å². The maximum absolute atomic E-state index is 13.1. The fraction of sp³-hybridized carbons (Fsp3) is 0.571. The smallest absolute Gasteiger partial charge is 0.126 e. The largest absolute Gasteiger partial charge is 0.383 e. The molecular formula is C14H19Cl2FN2. The van der Waals surface area contributed by atoms with Crippen molar-refractivity contribution in [3.8, 4) is 0 Å². The normalized spacial score (nSPS) is 20.5. The Labute approximate surface area is 123 Å². The Bertz CT molecular complexity index is 416. The van der Waals surface area contributed by atoms with Crippen molar-refractivity contribution in [2.75, 3.05) is 25.5 Å². The molecule has 106 valence electrons. The van der Waals surface area contributed by atoms with E-state index in [1.54, 1.807) is 0 Å². The molecule has 1 atom stereocenters. The van der Waals surface area contributed by atoms with Crippen LogP contribution < -0.4 is 5.32 Å². The van der Waals surface area contributed by atoms with E-state index in [9.17, 15) is 4.39 Å². The molecule has 0 aromatic heterocycles. The summed E-state index contributed by atoms with van der Waals surface area (Å²) in [5.74, 6) is -0.410. The standard InChI is InChI=1S/C14H19Cl2FN2/c1-19-7-3-2-4-11(19)5-6-18-14-12(15)8-10(17)9-13(14)16/h8-9,11,18H,2-7H2,1H3. The maximum atomic E-state index is 13.1. The molecule has 0 amide bonds. The van der Waals surface area contributed by atoms with Gasteiger partial charge >= 0.3 is 0 Å². The fourth-order valence-electron chi connectivity index (χ4n) is 2.58. The molecule has 2 nitrogen and oxygen atoms in total. The quantitative estimate of drug-likeness (QED) is 0.886. The molecule has 0 bridgehead atoms. The average molecular weight is 305 g/mol. The van der Waals surface area contributed by atoms with Crippen molar-refractivity contribution in [3.05, 3.63) is 28.0 Å². The van der Waals surface area contributed by atoms with Gasteiger partial charge < -0.3 is 10.2 Å². The number of anilines is 1. The molecule has 5 heteroatoms. The summed E-state index contributed by atoms with van der Waals surface area (Å²) in [7, 11) is 2.17. The Morgan fingerprint density at radius 2 is 2.00 bits per heavy atom. The molecular weight excluding hydrogens is 286 g/mol. The first-order valence-electron chi connectivity index (χ1n) is 6.66. The van der Waals surface area contributed by atoms with E-state index in [1.807, 2.05) is 0 Å². The highest BCUT2D eigenvalue weighted by Gasteiger charge is 2.18. The van der Waals surface area contributed by atoms with Gasteiger partial charge in [0.05, 0.1) is 15.7 Å². The van der Waals surface area contributed by atoms with Crippen LogP contribution in [-0.4, -0.2) is 31.1 Å². The predicted molar refractivity (Wildman–Crippen MR) is 79.8 cm³/mol. The van der Waals surface area contributed by atoms with Crippen LogP contribution in [0.25, 0.3) is 0 Å². The summed E-state index contributed by atoms with van der Waals surface area (Å²) in [5, 5.41) is 3.89. The molecule has 2 rings (SSSR count). The first kappa shape index (κ1) is 14.9. The zero-order valence-electron chi connectivity index (χ0n) is 11.1. The van der Waals surface area contributed by atoms with Crippen molar-refractivity contribution in [1.82, 2.24) is 4.90 Å². The third kappa shape index (κ3) is 3.98. The number of nitrogens with zero attached hydrogens (tertiary/aromatic N) is 1. The number of hydrogen-bond acceptors (Lipinski definition) is 2. The van der Waals surface area contributed by atoms with E-state index < -0.39 is 5.82 Å². The zero-order chi connectivity index (χ0) is 13.8. The lowest BCUT2D eigenvalue weighted by Crippen LogP contribution is -2.37. The molecule has 19 heavy (non-hydrogen) atoms. The number of benzene rings is 1. The van der Waals surface area contributed by atoms with E-state index in [2.05, 4.69) is 17.3 Å². The number of halogens is 3. The van der Waals surface area contributed by atoms with E-state index in [0.717, 1.165) is 13.0 Å². The summed E-state index contributed by atoms with van der Waals surface area (Å²) in [6, 6.07) is 3.17. The molecule has 0 radical (unpaired) electrons. The molecule has 0 aliphatic carbocycles. The Morgan fingerprint density at radius 3 is 2.63 bits per heavy atom. The van der Waals surface area contributed by atoms with Gasteiger partial charge in [0.1, 0.15) is 5.82 Å². The van der Waals surface area contributed by atoms with Gasteiger partial charge in [-0.1, -0.05) is 29.6 Å². The van der Waals surface area contributed by atoms with Crippen LogP contribution in [0.5, 0.6) is 0 Å². The highest BCUT2D eigenvalue weighted by atomic mass is 35.5. The van der Waals surface area contributed by atoms with Gasteiger partial charge in [-0.2, -0.15) is 0 Å². The molecule has 1 aromatic rings. The third-order valence-electron chi connectivity index (χ3n) is 3.71. The number of nitrogens with one attached hydrogen (secondary N) is 1. The van der Waals surface area contributed by atoms with Crippen molar-refractivity contribution < 1.29 is 4.39 Å². The van der Waals surface area contributed by atoms with Crippen molar-refractivity contribution in [2.45, 2.75) is 31.7 Å². The molecule has 0 spiro atoms. The van der Waals surface area contributed by atoms with Gasteiger partial charge in [-0.25, -0.2) is 4.39 Å². The molecule has 1 unspecified atom stereocenters. The van der Waals surface area contributed by atoms with E-state index in [0.29, 0.717) is 21.8 Å². The van der Waals surface area contributed by atoms with Gasteiger partial charge in [0.2, 0.25) is 0 Å². The van der Waals surface area contributed by atoms with Gasteiger partial charge in [-0.05, 0) is 45.0 Å². The second-order valence-electron chi connectivity index (χ2n) is 5.09. The molecule has 1 aliphatic rings. The minimum atomic E-state index is -0.410. The van der Waals surface area contributed by atoms with Gasteiger partial charge in [0.25, 0.3) is 0 Å². The molecule has 1 saturated heterocycles. The predicted octanol–water partition coefficient (Wildman–Crippen LogP) is 4.42. The van der Waals surface area contributed by atoms with Crippen molar-refractivity contribution in [2.24, 2.45) is 0 Å². The van der Waals surface area contributed by atoms with E-state index >= 15 is 0 Å². The Morgan fingerprint density at radius 1 is 1.32 bits per heavy atom. The van der Waals surface area contributed by atoms with Gasteiger partial charge in [0, 0.05) is 12.6 Å². The van der Waals surface area contributed by atoms with Gasteiger partial charge in [0.15, 0.2) is 0 Å². The summed E-state index contributed by atoms with van der Waals surface area (Å²) in [6.45, 7) is 1.96. The lowest BCUT2D eigenvalue weighted by Gasteiger charge is -2.32. The molecule has 0 saturated carbocycles. The molecule has 1 fully saturated rings. The number of hydrogen-bond donors (Lipinski definition) is 1. The minimum absolute atomic E-state index is 0.335. The van der Waals surface area contributed by atoms with Crippen molar-refractivity contribution >= 4 is 28.9 Å². The third-order valence-corrected chi connectivity index (χ3v) is 4.30. The van der Waals surface area contributed by atoms with Crippen LogP contribution in [-0.2, 0) is 0 Å². The van der Waals surface area contributed by atoms with Crippen LogP contribution in [0.15, 0.2) is 12.1 Å². The fourth-order valence-corrected chi connectivity index (χ4v) is 3.18. The van der Waals surface area contributed by atoms with Crippen molar-refractivity contribution in [3.63, 3.8) is 0 Å². The summed E-state index contributed by atoms with van der Waals surface area (Å²) in [5.41, 5.74) is 0.628. The lowest BCUT2D eigenvalue weighted by atomic mass is 10.0. The zero-order valence-corrected chi connectivity index (χ0v) is 12.6. The van der Waals surface area contributed by atoms with Gasteiger partial charge in [-0.3, -0.25) is 0 Å². The van der Waals surface area contributed by atoms with E-state index in [-0.39, 0.29) is 0 Å². The highest BCUT2D eigenvalue weighted by molar-refractivity contribution is 6.39. The highest BCUT2D eigenvalue weighted by Crippen LogP contribution is 2.31. The number of piperidine rings is 1. The average Bonchev–Trinajstić information content (AvgIpc) is 2.34. The van der Waals surface area contributed by atoms with E-state index in [1.165, 1.54) is 37.9 Å². The first-order chi connectivity index (χ1) is 9.08. The van der Waals surface area contributed by atoms with Crippen LogP contribution in [0.1, 0.15) is 25.7 Å². The molecule has 1 heterocycles. The summed E-state index contributed by atoms with van der Waals surface area (Å²) < 4.78 is 13.1. The maximum Gasteiger partial charge on any atom is 0.126 e. The van der Waals surface area contributed by atoms with Crippen LogP contribution in [0.4, 0.5) is 10.1 Å². The van der Waals surface area contributed by atoms with E-state index in [4.69, 9.17) is 23.2 Å². The van der Waals surface area contributed by atoms with Crippen LogP contribution in [0.3, 0.4) is 0 Å². The Kier molecular flexibility index (Phi) is 5.31. The number of rotatable bonds is 4. The molecule has 1 N–H and O–H groups in total. The topological polar surface area (TPSA) is 15.3 Å². The van der Waals surface area contributed by atoms with Crippen molar-refractivity contribution in [1.29, 1.82) is 0 Å². The first-order valence-corrected chi connectivity index (χ1v) is 7.42. The Hall–Kier alpha value is -0.510. The molecule has 1 aliphatic heterocycles. The van der Waals surface area contributed by atoms with Gasteiger partial charge in [-0.15, -0.1) is 0 Å². The number of likely N-dealkylation sites (tertiary alicyclic amines) is 1. The second kappa shape index (κ2) is 6.78. The molecule has 1 aromatic carbocycles. The summed E-state index contributed by atoms with van der Waals surface area (Å²) in [6.07, 6.45) is 4.87. The van der Waals surface area contributed by atoms with Crippen LogP contribution in [0, 0.1) is 5.82 Å². The summed E-state index contributed by atoms with van der Waals surface area (Å²) in [4.78, 5) is 2.40. The second-order valence-corrected chi connectivity index (χ2v) is 5.90. The monoisotopic (exact) mass is 304 g/mol. The minimum Gasteiger partial charge on any atom is -0.383 e.